The first-order chi connectivity index (χ1) is 13.3. The number of hydrogen-bond acceptors (Lipinski definition) is 3. The number of carbonyl (C=O) groups is 1. The second kappa shape index (κ2) is 8.10. The number of allylic oxidation sites excluding steroid dienone is 2. The summed E-state index contributed by atoms with van der Waals surface area (Å²) in [6.45, 7) is 12.1. The van der Waals surface area contributed by atoms with E-state index in [4.69, 9.17) is 4.74 Å². The molecule has 0 aliphatic heterocycles. The Hall–Kier alpha value is -0.280. The van der Waals surface area contributed by atoms with Gasteiger partial charge in [-0.05, 0) is 74.0 Å². The van der Waals surface area contributed by atoms with E-state index in [0.717, 1.165) is 48.4 Å². The summed E-state index contributed by atoms with van der Waals surface area (Å²) in [6.07, 6.45) is 12.3. The van der Waals surface area contributed by atoms with Gasteiger partial charge in [0.25, 0.3) is 0 Å². The van der Waals surface area contributed by atoms with Gasteiger partial charge in [-0.25, -0.2) is 0 Å². The Balaban J connectivity index is 1.30. The normalized spacial score (nSPS) is 44.6. The van der Waals surface area contributed by atoms with E-state index >= 15 is 0 Å². The van der Waals surface area contributed by atoms with Crippen LogP contribution in [-0.4, -0.2) is 29.0 Å². The fourth-order valence-corrected chi connectivity index (χ4v) is 9.11. The van der Waals surface area contributed by atoms with Crippen LogP contribution in [0.4, 0.5) is 0 Å². The standard InChI is InChI=1S/C25H40O2S/c1-6-27-23-12-17-11-21(23)20-14-18(13-19(17)20)28-16(3)10-22(26)24-15(2)8-7-9-25(24,4)5/h7-8,15-21,23-24H,6,9-14H2,1-5H3. The van der Waals surface area contributed by atoms with Gasteiger partial charge in [0, 0.05) is 29.4 Å². The van der Waals surface area contributed by atoms with Gasteiger partial charge in [-0.2, -0.15) is 11.8 Å². The van der Waals surface area contributed by atoms with Crippen LogP contribution in [0.1, 0.15) is 73.1 Å². The summed E-state index contributed by atoms with van der Waals surface area (Å²) < 4.78 is 6.05. The van der Waals surface area contributed by atoms with Crippen molar-refractivity contribution < 1.29 is 9.53 Å². The predicted octanol–water partition coefficient (Wildman–Crippen LogP) is 6.15. The highest BCUT2D eigenvalue weighted by Crippen LogP contribution is 2.61. The van der Waals surface area contributed by atoms with E-state index in [1.807, 2.05) is 0 Å². The molecule has 28 heavy (non-hydrogen) atoms. The van der Waals surface area contributed by atoms with Crippen LogP contribution in [0.3, 0.4) is 0 Å². The number of hydrogen-bond donors (Lipinski definition) is 0. The molecule has 0 aromatic rings. The van der Waals surface area contributed by atoms with Gasteiger partial charge in [0.05, 0.1) is 6.10 Å². The Bertz CT molecular complexity index is 612. The van der Waals surface area contributed by atoms with Gasteiger partial charge in [0.15, 0.2) is 0 Å². The average molecular weight is 405 g/mol. The molecule has 4 aliphatic rings. The Kier molecular flexibility index (Phi) is 6.07. The van der Waals surface area contributed by atoms with Crippen molar-refractivity contribution in [3.05, 3.63) is 12.2 Å². The lowest BCUT2D eigenvalue weighted by molar-refractivity contribution is -0.128. The maximum absolute atomic E-state index is 13.2. The summed E-state index contributed by atoms with van der Waals surface area (Å²) in [5, 5.41) is 1.21. The van der Waals surface area contributed by atoms with E-state index in [1.165, 1.54) is 25.7 Å². The Labute approximate surface area is 176 Å². The van der Waals surface area contributed by atoms with Crippen molar-refractivity contribution in [2.24, 2.45) is 40.9 Å². The summed E-state index contributed by atoms with van der Waals surface area (Å²) in [7, 11) is 0. The molecule has 0 aromatic carbocycles. The second-order valence-corrected chi connectivity index (χ2v) is 12.6. The summed E-state index contributed by atoms with van der Waals surface area (Å²) >= 11 is 2.12. The Morgan fingerprint density at radius 2 is 1.93 bits per heavy atom. The molecule has 9 atom stereocenters. The molecule has 0 spiro atoms. The van der Waals surface area contributed by atoms with Gasteiger partial charge in [0.2, 0.25) is 0 Å². The molecule has 0 radical (unpaired) electrons. The zero-order valence-corrected chi connectivity index (χ0v) is 19.3. The van der Waals surface area contributed by atoms with E-state index in [1.54, 1.807) is 0 Å². The molecular weight excluding hydrogens is 364 g/mol. The third-order valence-electron chi connectivity index (χ3n) is 8.46. The van der Waals surface area contributed by atoms with Crippen molar-refractivity contribution in [3.8, 4) is 0 Å². The highest BCUT2D eigenvalue weighted by atomic mass is 32.2. The van der Waals surface area contributed by atoms with Crippen molar-refractivity contribution in [2.75, 3.05) is 6.61 Å². The minimum Gasteiger partial charge on any atom is -0.378 e. The molecule has 0 saturated heterocycles. The van der Waals surface area contributed by atoms with Gasteiger partial charge < -0.3 is 4.74 Å². The van der Waals surface area contributed by atoms with Crippen LogP contribution in [0, 0.1) is 40.9 Å². The average Bonchev–Trinajstić information content (AvgIpc) is 3.25. The molecule has 3 fully saturated rings. The summed E-state index contributed by atoms with van der Waals surface area (Å²) in [5.41, 5.74) is 0.105. The van der Waals surface area contributed by atoms with Crippen LogP contribution in [0.25, 0.3) is 0 Å². The largest absolute Gasteiger partial charge is 0.378 e. The summed E-state index contributed by atoms with van der Waals surface area (Å²) in [5.74, 6) is 4.66. The molecule has 4 rings (SSSR count). The lowest BCUT2D eigenvalue weighted by Gasteiger charge is -2.39. The van der Waals surface area contributed by atoms with Gasteiger partial charge in [-0.15, -0.1) is 0 Å². The molecule has 0 heterocycles. The van der Waals surface area contributed by atoms with Gasteiger partial charge >= 0.3 is 0 Å². The topological polar surface area (TPSA) is 26.3 Å². The minimum absolute atomic E-state index is 0.105. The molecule has 9 unspecified atom stereocenters. The number of ketones is 1. The minimum atomic E-state index is 0.105. The zero-order chi connectivity index (χ0) is 20.1. The van der Waals surface area contributed by atoms with Crippen molar-refractivity contribution in [3.63, 3.8) is 0 Å². The monoisotopic (exact) mass is 404 g/mol. The molecule has 158 valence electrons. The number of Topliss-reactive ketones (excluding diaryl/α,β-unsaturated/α-hetero) is 1. The maximum Gasteiger partial charge on any atom is 0.138 e. The first-order valence-electron chi connectivity index (χ1n) is 11.8. The van der Waals surface area contributed by atoms with E-state index in [0.29, 0.717) is 23.1 Å². The van der Waals surface area contributed by atoms with Crippen molar-refractivity contribution >= 4 is 17.5 Å². The quantitative estimate of drug-likeness (QED) is 0.476. The summed E-state index contributed by atoms with van der Waals surface area (Å²) in [4.78, 5) is 13.2. The molecular formula is C25H40O2S. The molecule has 3 saturated carbocycles. The molecule has 0 aromatic heterocycles. The van der Waals surface area contributed by atoms with E-state index in [9.17, 15) is 4.79 Å². The number of ether oxygens (including phenoxy) is 1. The Morgan fingerprint density at radius 1 is 1.18 bits per heavy atom. The number of rotatable bonds is 7. The number of fused-ring (bicyclic) bond motifs is 5. The van der Waals surface area contributed by atoms with Crippen LogP contribution in [0.2, 0.25) is 0 Å². The predicted molar refractivity (Wildman–Crippen MR) is 118 cm³/mol. The molecule has 4 aliphatic carbocycles. The molecule has 2 nitrogen and oxygen atoms in total. The lowest BCUT2D eigenvalue weighted by atomic mass is 9.65. The van der Waals surface area contributed by atoms with Crippen LogP contribution >= 0.6 is 11.8 Å². The van der Waals surface area contributed by atoms with Crippen LogP contribution < -0.4 is 0 Å². The number of carbonyl (C=O) groups excluding carboxylic acids is 1. The van der Waals surface area contributed by atoms with Crippen molar-refractivity contribution in [2.45, 2.75) is 89.7 Å². The molecule has 0 amide bonds. The molecule has 2 bridgehead atoms. The van der Waals surface area contributed by atoms with E-state index in [2.05, 4.69) is 58.5 Å². The molecule has 3 heteroatoms. The van der Waals surface area contributed by atoms with Gasteiger partial charge in [0.1, 0.15) is 5.78 Å². The SMILES string of the molecule is CCOC1CC2CC1C1CC(SC(C)CC(=O)C3C(C)C=CCC3(C)C)CC21. The third kappa shape index (κ3) is 3.87. The Morgan fingerprint density at radius 3 is 2.64 bits per heavy atom. The molecule has 0 N–H and O–H groups in total. The highest BCUT2D eigenvalue weighted by Gasteiger charge is 2.56. The van der Waals surface area contributed by atoms with Crippen molar-refractivity contribution in [1.29, 1.82) is 0 Å². The zero-order valence-electron chi connectivity index (χ0n) is 18.5. The second-order valence-electron chi connectivity index (χ2n) is 10.9. The highest BCUT2D eigenvalue weighted by molar-refractivity contribution is 8.00. The first kappa shape index (κ1) is 21.0. The van der Waals surface area contributed by atoms with Crippen LogP contribution in [-0.2, 0) is 9.53 Å². The number of thioether (sulfide) groups is 1. The smallest absolute Gasteiger partial charge is 0.138 e. The maximum atomic E-state index is 13.2. The summed E-state index contributed by atoms with van der Waals surface area (Å²) in [6, 6.07) is 0. The fourth-order valence-electron chi connectivity index (χ4n) is 7.53. The van der Waals surface area contributed by atoms with Gasteiger partial charge in [-0.1, -0.05) is 39.8 Å². The van der Waals surface area contributed by atoms with Crippen LogP contribution in [0.5, 0.6) is 0 Å². The first-order valence-corrected chi connectivity index (χ1v) is 12.7. The van der Waals surface area contributed by atoms with Crippen LogP contribution in [0.15, 0.2) is 12.2 Å². The van der Waals surface area contributed by atoms with Crippen molar-refractivity contribution in [1.82, 2.24) is 0 Å². The van der Waals surface area contributed by atoms with E-state index < -0.39 is 0 Å². The fraction of sp³-hybridized carbons (Fsp3) is 0.880. The lowest BCUT2D eigenvalue weighted by Crippen LogP contribution is -2.38. The van der Waals surface area contributed by atoms with E-state index in [-0.39, 0.29) is 11.3 Å². The third-order valence-corrected chi connectivity index (χ3v) is 9.86. The van der Waals surface area contributed by atoms with Gasteiger partial charge in [-0.3, -0.25) is 4.79 Å².